The molecule has 0 radical (unpaired) electrons. The molecule has 2 aromatic rings. The molecule has 0 aliphatic rings. The Hall–Kier alpha value is 0.200. The van der Waals surface area contributed by atoms with Gasteiger partial charge < -0.3 is 0 Å². The molecule has 0 bridgehead atoms. The van der Waals surface area contributed by atoms with Crippen LogP contribution >= 0.6 is 51.3 Å². The topological polar surface area (TPSA) is 3.24 Å². The smallest absolute Gasteiger partial charge is 0.0357 e. The van der Waals surface area contributed by atoms with Crippen LogP contribution in [0.4, 0.5) is 0 Å². The molecule has 100 valence electrons. The average Bonchev–Trinajstić information content (AvgIpc) is 2.73. The van der Waals surface area contributed by atoms with Crippen molar-refractivity contribution in [2.45, 2.75) is 13.5 Å². The predicted octanol–water partition coefficient (Wildman–Crippen LogP) is 5.15. The van der Waals surface area contributed by atoms with Gasteiger partial charge in [0.05, 0.1) is 0 Å². The number of alkyl halides is 1. The summed E-state index contributed by atoms with van der Waals surface area (Å²) in [5.74, 6) is 0.692. The molecule has 5 heteroatoms. The molecule has 0 saturated heterocycles. The lowest BCUT2D eigenvalue weighted by Crippen LogP contribution is -2.24. The Kier molecular flexibility index (Phi) is 6.96. The van der Waals surface area contributed by atoms with E-state index in [4.69, 9.17) is 11.6 Å². The Morgan fingerprint density at radius 3 is 2.83 bits per heavy atom. The number of hydrogen-bond acceptors (Lipinski definition) is 2. The van der Waals surface area contributed by atoms with Gasteiger partial charge in [0.2, 0.25) is 0 Å². The highest BCUT2D eigenvalue weighted by Crippen LogP contribution is 2.32. The van der Waals surface area contributed by atoms with Gasteiger partial charge in [-0.05, 0) is 29.6 Å². The van der Waals surface area contributed by atoms with E-state index in [1.165, 1.54) is 20.1 Å². The Labute approximate surface area is 132 Å². The van der Waals surface area contributed by atoms with Gasteiger partial charge in [-0.2, -0.15) is 0 Å². The molecule has 0 aliphatic heterocycles. The first-order valence-electron chi connectivity index (χ1n) is 5.69. The predicted molar refractivity (Wildman–Crippen MR) is 88.4 cm³/mol. The van der Waals surface area contributed by atoms with Crippen molar-refractivity contribution in [3.8, 4) is 0 Å². The fraction of sp³-hybridized carbons (Fsp3) is 0.385. The minimum Gasteiger partial charge on any atom is -0.298 e. The first-order chi connectivity index (χ1) is 8.26. The molecule has 0 spiro atoms. The quantitative estimate of drug-likeness (QED) is 0.660. The number of halogens is 3. The normalized spacial score (nSPS) is 10.9. The van der Waals surface area contributed by atoms with Crippen LogP contribution in [0.25, 0.3) is 10.1 Å². The molecular formula is C13H16BrCl2NS. The van der Waals surface area contributed by atoms with Crippen LogP contribution in [0.2, 0.25) is 0 Å². The Bertz CT molecular complexity index is 501. The van der Waals surface area contributed by atoms with Crippen LogP contribution in [-0.4, -0.2) is 23.9 Å². The molecule has 0 amide bonds. The van der Waals surface area contributed by atoms with Crippen LogP contribution < -0.4 is 0 Å². The number of hydrogen-bond donors (Lipinski definition) is 0. The zero-order chi connectivity index (χ0) is 12.3. The van der Waals surface area contributed by atoms with Crippen molar-refractivity contribution < 1.29 is 0 Å². The number of fused-ring (bicyclic) bond motifs is 1. The first-order valence-corrected chi connectivity index (χ1v) is 7.90. The van der Waals surface area contributed by atoms with Gasteiger partial charge in [0.25, 0.3) is 0 Å². The molecule has 1 heterocycles. The van der Waals surface area contributed by atoms with E-state index in [2.05, 4.69) is 51.3 Å². The van der Waals surface area contributed by atoms with Crippen LogP contribution in [0, 0.1) is 0 Å². The molecule has 1 nitrogen and oxygen atoms in total. The fourth-order valence-electron chi connectivity index (χ4n) is 1.93. The van der Waals surface area contributed by atoms with Gasteiger partial charge in [-0.1, -0.05) is 28.9 Å². The maximum Gasteiger partial charge on any atom is 0.0357 e. The average molecular weight is 369 g/mol. The molecule has 0 N–H and O–H groups in total. The van der Waals surface area contributed by atoms with E-state index in [1.807, 2.05) is 11.3 Å². The lowest BCUT2D eigenvalue weighted by Gasteiger charge is -2.18. The summed E-state index contributed by atoms with van der Waals surface area (Å²) in [6.07, 6.45) is 0. The Morgan fingerprint density at radius 2 is 2.17 bits per heavy atom. The van der Waals surface area contributed by atoms with Crippen molar-refractivity contribution in [3.05, 3.63) is 33.6 Å². The van der Waals surface area contributed by atoms with E-state index in [0.29, 0.717) is 5.88 Å². The maximum atomic E-state index is 5.82. The van der Waals surface area contributed by atoms with E-state index in [9.17, 15) is 0 Å². The van der Waals surface area contributed by atoms with Crippen molar-refractivity contribution in [1.29, 1.82) is 0 Å². The first kappa shape index (κ1) is 16.3. The third-order valence-electron chi connectivity index (χ3n) is 2.87. The summed E-state index contributed by atoms with van der Waals surface area (Å²) in [7, 11) is 0. The molecule has 18 heavy (non-hydrogen) atoms. The number of rotatable bonds is 5. The minimum absolute atomic E-state index is 0. The van der Waals surface area contributed by atoms with Crippen LogP contribution in [0.1, 0.15) is 12.5 Å². The molecule has 0 aliphatic carbocycles. The van der Waals surface area contributed by atoms with Gasteiger partial charge in [-0.15, -0.1) is 35.3 Å². The van der Waals surface area contributed by atoms with Crippen LogP contribution in [-0.2, 0) is 6.54 Å². The summed E-state index contributed by atoms with van der Waals surface area (Å²) in [5, 5.41) is 3.61. The minimum atomic E-state index is 0. The van der Waals surface area contributed by atoms with E-state index in [1.54, 1.807) is 0 Å². The summed E-state index contributed by atoms with van der Waals surface area (Å²) in [4.78, 5) is 2.37. The van der Waals surface area contributed by atoms with Crippen molar-refractivity contribution in [1.82, 2.24) is 4.90 Å². The number of nitrogens with zero attached hydrogens (tertiary/aromatic N) is 1. The fourth-order valence-corrected chi connectivity index (χ4v) is 3.90. The largest absolute Gasteiger partial charge is 0.298 e. The Balaban J connectivity index is 0.00000162. The van der Waals surface area contributed by atoms with Gasteiger partial charge in [-0.25, -0.2) is 0 Å². The van der Waals surface area contributed by atoms with Crippen molar-refractivity contribution in [2.75, 3.05) is 19.0 Å². The zero-order valence-electron chi connectivity index (χ0n) is 10.2. The molecule has 0 fully saturated rings. The summed E-state index contributed by atoms with van der Waals surface area (Å²) < 4.78 is 2.53. The van der Waals surface area contributed by atoms with E-state index < -0.39 is 0 Å². The number of benzene rings is 1. The lowest BCUT2D eigenvalue weighted by molar-refractivity contribution is 0.299. The highest BCUT2D eigenvalue weighted by atomic mass is 79.9. The summed E-state index contributed by atoms with van der Waals surface area (Å²) in [5.41, 5.74) is 1.39. The SMILES string of the molecule is CCN(CCCl)Cc1csc2cccc(Br)c12.Cl. The molecule has 0 saturated carbocycles. The second kappa shape index (κ2) is 7.71. The zero-order valence-corrected chi connectivity index (χ0v) is 14.1. The van der Waals surface area contributed by atoms with Crippen molar-refractivity contribution in [3.63, 3.8) is 0 Å². The van der Waals surface area contributed by atoms with Gasteiger partial charge in [-0.3, -0.25) is 4.90 Å². The van der Waals surface area contributed by atoms with Gasteiger partial charge in [0.15, 0.2) is 0 Å². The molecule has 2 rings (SSSR count). The monoisotopic (exact) mass is 367 g/mol. The third-order valence-corrected chi connectivity index (χ3v) is 4.69. The van der Waals surface area contributed by atoms with Crippen LogP contribution in [0.15, 0.2) is 28.1 Å². The maximum absolute atomic E-state index is 5.82. The van der Waals surface area contributed by atoms with E-state index >= 15 is 0 Å². The molecule has 1 aromatic heterocycles. The summed E-state index contributed by atoms with van der Waals surface area (Å²) in [6.45, 7) is 5.14. The lowest BCUT2D eigenvalue weighted by atomic mass is 10.1. The van der Waals surface area contributed by atoms with Crippen molar-refractivity contribution in [2.24, 2.45) is 0 Å². The second-order valence-electron chi connectivity index (χ2n) is 3.93. The van der Waals surface area contributed by atoms with Gasteiger partial charge in [0.1, 0.15) is 0 Å². The van der Waals surface area contributed by atoms with E-state index in [0.717, 1.165) is 19.6 Å². The van der Waals surface area contributed by atoms with E-state index in [-0.39, 0.29) is 12.4 Å². The number of thiophene rings is 1. The second-order valence-corrected chi connectivity index (χ2v) is 6.08. The third kappa shape index (κ3) is 3.61. The Morgan fingerprint density at radius 1 is 1.39 bits per heavy atom. The molecule has 1 aromatic carbocycles. The standard InChI is InChI=1S/C13H15BrClNS.ClH/c1-2-16(7-6-15)8-10-9-17-12-5-3-4-11(14)13(10)12;/h3-5,9H,2,6-8H2,1H3;1H. The van der Waals surface area contributed by atoms with Gasteiger partial charge >= 0.3 is 0 Å². The molecular weight excluding hydrogens is 353 g/mol. The summed E-state index contributed by atoms with van der Waals surface area (Å²) in [6, 6.07) is 6.37. The highest BCUT2D eigenvalue weighted by Gasteiger charge is 2.10. The van der Waals surface area contributed by atoms with Crippen LogP contribution in [0.5, 0.6) is 0 Å². The molecule has 0 atom stereocenters. The van der Waals surface area contributed by atoms with Crippen molar-refractivity contribution >= 4 is 61.4 Å². The highest BCUT2D eigenvalue weighted by molar-refractivity contribution is 9.10. The summed E-state index contributed by atoms with van der Waals surface area (Å²) >= 11 is 11.3. The van der Waals surface area contributed by atoms with Crippen LogP contribution in [0.3, 0.4) is 0 Å². The van der Waals surface area contributed by atoms with Gasteiger partial charge in [0, 0.05) is 33.5 Å². The molecule has 0 unspecified atom stereocenters.